The van der Waals surface area contributed by atoms with Crippen molar-refractivity contribution >= 4 is 33.3 Å². The van der Waals surface area contributed by atoms with Crippen molar-refractivity contribution < 1.29 is 51.6 Å². The number of carbonyl (C=O) groups is 1. The number of amides is 2. The summed E-state index contributed by atoms with van der Waals surface area (Å²) in [7, 11) is -4.98. The zero-order valence-corrected chi connectivity index (χ0v) is 15.0. The third-order valence-electron chi connectivity index (χ3n) is 3.32. The molecular weight excluding hydrogens is 329 g/mol. The van der Waals surface area contributed by atoms with E-state index < -0.39 is 22.5 Å². The second-order valence-electron chi connectivity index (χ2n) is 4.49. The van der Waals surface area contributed by atoms with Crippen LogP contribution in [0.1, 0.15) is 11.9 Å². The van der Waals surface area contributed by atoms with Gasteiger partial charge in [0.2, 0.25) is 10.4 Å². The molecule has 1 unspecified atom stereocenters. The number of urea groups is 1. The zero-order chi connectivity index (χ0) is 14.5. The molecule has 1 aromatic rings. The summed E-state index contributed by atoms with van der Waals surface area (Å²) in [6.07, 6.45) is 1.66. The standard InChI is InChI=1S/C10H11N3O5S2.Na/c1-6-7(9-11-2-3-19-9)4-12-5-8(6)13(10(12)14)18-20(15,16)17;/h2-3,8H,4-5H2,1H3,(H,15,16,17);/q;+1/p-1. The first-order chi connectivity index (χ1) is 9.37. The SMILES string of the molecule is CC1=C(c2nccs2)CN2CC1N(OS(=O)(=O)[O-])C2=O.[Na+]. The van der Waals surface area contributed by atoms with E-state index in [9.17, 15) is 17.8 Å². The molecule has 1 saturated heterocycles. The number of nitrogens with zero attached hydrogens (tertiary/aromatic N) is 3. The van der Waals surface area contributed by atoms with Gasteiger partial charge in [-0.15, -0.1) is 11.3 Å². The van der Waals surface area contributed by atoms with Gasteiger partial charge in [-0.05, 0) is 12.5 Å². The third-order valence-corrected chi connectivity index (χ3v) is 4.50. The van der Waals surface area contributed by atoms with Gasteiger partial charge in [-0.3, -0.25) is 0 Å². The summed E-state index contributed by atoms with van der Waals surface area (Å²) in [4.78, 5) is 17.6. The Labute approximate surface area is 147 Å². The number of rotatable bonds is 3. The van der Waals surface area contributed by atoms with Crippen molar-refractivity contribution in [2.45, 2.75) is 13.0 Å². The van der Waals surface area contributed by atoms with Crippen molar-refractivity contribution in [2.75, 3.05) is 13.1 Å². The van der Waals surface area contributed by atoms with Crippen LogP contribution in [0, 0.1) is 0 Å². The van der Waals surface area contributed by atoms with Gasteiger partial charge in [-0.1, -0.05) is 0 Å². The van der Waals surface area contributed by atoms with E-state index in [1.165, 1.54) is 16.2 Å². The summed E-state index contributed by atoms with van der Waals surface area (Å²) in [5, 5.41) is 3.23. The molecule has 1 aromatic heterocycles. The molecule has 3 rings (SSSR count). The molecule has 0 aromatic carbocycles. The summed E-state index contributed by atoms with van der Waals surface area (Å²) in [5.41, 5.74) is 1.64. The summed E-state index contributed by atoms with van der Waals surface area (Å²) in [6, 6.07) is -1.21. The Balaban J connectivity index is 0.00000161. The van der Waals surface area contributed by atoms with Gasteiger partial charge in [0.15, 0.2) is 0 Å². The predicted octanol–water partition coefficient (Wildman–Crippen LogP) is -2.57. The Morgan fingerprint density at radius 2 is 2.24 bits per heavy atom. The van der Waals surface area contributed by atoms with E-state index in [4.69, 9.17) is 0 Å². The summed E-state index contributed by atoms with van der Waals surface area (Å²) in [6.45, 7) is 2.41. The molecule has 2 aliphatic heterocycles. The van der Waals surface area contributed by atoms with Crippen molar-refractivity contribution in [3.05, 3.63) is 22.2 Å². The van der Waals surface area contributed by atoms with Gasteiger partial charge in [0, 0.05) is 23.7 Å². The van der Waals surface area contributed by atoms with Crippen LogP contribution in [0.2, 0.25) is 0 Å². The van der Waals surface area contributed by atoms with Crippen LogP contribution in [0.15, 0.2) is 17.2 Å². The molecule has 2 bridgehead atoms. The number of aromatic nitrogens is 1. The van der Waals surface area contributed by atoms with E-state index in [0.29, 0.717) is 18.2 Å². The van der Waals surface area contributed by atoms with Crippen LogP contribution in [0.25, 0.3) is 5.57 Å². The molecule has 0 N–H and O–H groups in total. The quantitative estimate of drug-likeness (QED) is 0.341. The average Bonchev–Trinajstić information content (AvgIpc) is 2.95. The molecule has 3 heterocycles. The van der Waals surface area contributed by atoms with E-state index >= 15 is 0 Å². The van der Waals surface area contributed by atoms with Gasteiger partial charge in [-0.2, -0.15) is 9.35 Å². The van der Waals surface area contributed by atoms with E-state index in [1.807, 2.05) is 5.38 Å². The Hall–Kier alpha value is -0.490. The molecule has 108 valence electrons. The van der Waals surface area contributed by atoms with Crippen LogP contribution in [0.3, 0.4) is 0 Å². The largest absolute Gasteiger partial charge is 1.00 e. The maximum Gasteiger partial charge on any atom is 1.00 e. The summed E-state index contributed by atoms with van der Waals surface area (Å²) >= 11 is 1.43. The van der Waals surface area contributed by atoms with Gasteiger partial charge in [-0.25, -0.2) is 18.2 Å². The van der Waals surface area contributed by atoms with Gasteiger partial charge < -0.3 is 9.45 Å². The fourth-order valence-electron chi connectivity index (χ4n) is 2.39. The number of thiazole rings is 1. The third kappa shape index (κ3) is 3.16. The Kier molecular flexibility index (Phi) is 4.78. The van der Waals surface area contributed by atoms with Crippen LogP contribution in [-0.2, 0) is 14.7 Å². The number of hydrogen-bond donors (Lipinski definition) is 0. The minimum Gasteiger partial charge on any atom is -0.724 e. The second-order valence-corrected chi connectivity index (χ2v) is 6.35. The van der Waals surface area contributed by atoms with Crippen LogP contribution >= 0.6 is 11.3 Å². The van der Waals surface area contributed by atoms with Gasteiger partial charge >= 0.3 is 35.6 Å². The van der Waals surface area contributed by atoms with Gasteiger partial charge in [0.25, 0.3) is 0 Å². The van der Waals surface area contributed by atoms with Crippen molar-refractivity contribution in [1.82, 2.24) is 14.9 Å². The van der Waals surface area contributed by atoms with E-state index in [0.717, 1.165) is 16.2 Å². The first-order valence-corrected chi connectivity index (χ1v) is 7.91. The molecule has 2 aliphatic rings. The predicted molar refractivity (Wildman–Crippen MR) is 68.1 cm³/mol. The number of hydroxylamine groups is 2. The van der Waals surface area contributed by atoms with E-state index in [1.54, 1.807) is 13.1 Å². The fourth-order valence-corrected chi connectivity index (χ4v) is 3.49. The second kappa shape index (κ2) is 5.95. The smallest absolute Gasteiger partial charge is 0.724 e. The molecular formula is C10H10N3NaO5S2. The molecule has 0 saturated carbocycles. The molecule has 11 heteroatoms. The molecule has 21 heavy (non-hydrogen) atoms. The normalized spacial score (nSPS) is 21.8. The van der Waals surface area contributed by atoms with Crippen molar-refractivity contribution in [3.63, 3.8) is 0 Å². The Morgan fingerprint density at radius 1 is 1.52 bits per heavy atom. The maximum absolute atomic E-state index is 12.0. The molecule has 2 amide bonds. The minimum absolute atomic E-state index is 0. The maximum atomic E-state index is 12.0. The summed E-state index contributed by atoms with van der Waals surface area (Å²) in [5.74, 6) is 0. The van der Waals surface area contributed by atoms with E-state index in [2.05, 4.69) is 9.27 Å². The van der Waals surface area contributed by atoms with Crippen molar-refractivity contribution in [3.8, 4) is 0 Å². The van der Waals surface area contributed by atoms with Crippen molar-refractivity contribution in [1.29, 1.82) is 0 Å². The number of hydrogen-bond acceptors (Lipinski definition) is 7. The molecule has 0 aliphatic carbocycles. The molecule has 0 radical (unpaired) electrons. The summed E-state index contributed by atoms with van der Waals surface area (Å²) < 4.78 is 36.4. The monoisotopic (exact) mass is 339 g/mol. The van der Waals surface area contributed by atoms with Gasteiger partial charge in [0.05, 0.1) is 6.54 Å². The average molecular weight is 339 g/mol. The topological polar surface area (TPSA) is 103 Å². The number of carbonyl (C=O) groups excluding carboxylic acids is 1. The Morgan fingerprint density at radius 3 is 2.81 bits per heavy atom. The van der Waals surface area contributed by atoms with Crippen LogP contribution in [-0.4, -0.2) is 53.1 Å². The first-order valence-electron chi connectivity index (χ1n) is 5.70. The molecule has 1 fully saturated rings. The molecule has 8 nitrogen and oxygen atoms in total. The van der Waals surface area contributed by atoms with Crippen LogP contribution in [0.5, 0.6) is 0 Å². The van der Waals surface area contributed by atoms with Crippen molar-refractivity contribution in [2.24, 2.45) is 0 Å². The molecule has 1 atom stereocenters. The van der Waals surface area contributed by atoms with Crippen LogP contribution in [0.4, 0.5) is 4.79 Å². The van der Waals surface area contributed by atoms with Gasteiger partial charge in [0.1, 0.15) is 11.0 Å². The minimum atomic E-state index is -4.98. The van der Waals surface area contributed by atoms with E-state index in [-0.39, 0.29) is 29.6 Å². The fraction of sp³-hybridized carbons (Fsp3) is 0.400. The molecule has 0 spiro atoms. The Bertz CT molecular complexity index is 688. The zero-order valence-electron chi connectivity index (χ0n) is 11.3. The first kappa shape index (κ1) is 16.9. The number of fused-ring (bicyclic) bond motifs is 2. The van der Waals surface area contributed by atoms with Crippen LogP contribution < -0.4 is 29.6 Å².